The van der Waals surface area contributed by atoms with Gasteiger partial charge in [0.1, 0.15) is 0 Å². The molecule has 2 N–H and O–H groups in total. The van der Waals surface area contributed by atoms with Crippen LogP contribution < -0.4 is 0 Å². The van der Waals surface area contributed by atoms with Gasteiger partial charge in [-0.25, -0.2) is 0 Å². The topological polar surface area (TPSA) is 114 Å². The third-order valence-electron chi connectivity index (χ3n) is 5.54. The van der Waals surface area contributed by atoms with E-state index in [1.165, 1.54) is 44.9 Å². The molecule has 0 aliphatic heterocycles. The maximum absolute atomic E-state index is 9.98. The fourth-order valence-corrected chi connectivity index (χ4v) is 3.42. The number of aliphatic hydroxyl groups excluding tert-OH is 2. The number of rotatable bonds is 34. The van der Waals surface area contributed by atoms with Crippen LogP contribution in [0.3, 0.4) is 0 Å². The molecule has 10 heteroatoms. The summed E-state index contributed by atoms with van der Waals surface area (Å²) in [5.74, 6) is 0. The number of ether oxygens (including phenoxy) is 8. The molecule has 230 valence electrons. The highest BCUT2D eigenvalue weighted by molar-refractivity contribution is 4.55. The molecule has 0 aromatic rings. The highest BCUT2D eigenvalue weighted by Crippen LogP contribution is 2.10. The van der Waals surface area contributed by atoms with E-state index in [1.807, 2.05) is 0 Å². The van der Waals surface area contributed by atoms with Crippen molar-refractivity contribution in [1.82, 2.24) is 0 Å². The van der Waals surface area contributed by atoms with E-state index >= 15 is 0 Å². The summed E-state index contributed by atoms with van der Waals surface area (Å²) in [4.78, 5) is 0. The predicted octanol–water partition coefficient (Wildman–Crippen LogP) is 3.00. The lowest BCUT2D eigenvalue weighted by molar-refractivity contribution is -0.0278. The van der Waals surface area contributed by atoms with Crippen molar-refractivity contribution in [3.8, 4) is 0 Å². The molecule has 0 fully saturated rings. The lowest BCUT2D eigenvalue weighted by atomic mass is 10.1. The van der Waals surface area contributed by atoms with Gasteiger partial charge in [-0.3, -0.25) is 0 Å². The molecular formula is C28H58O10. The van der Waals surface area contributed by atoms with Crippen LogP contribution in [0.1, 0.15) is 64.7 Å². The molecule has 0 aliphatic carbocycles. The Hall–Kier alpha value is -0.400. The first-order valence-electron chi connectivity index (χ1n) is 14.7. The quantitative estimate of drug-likeness (QED) is 0.115. The number of aliphatic hydroxyl groups is 2. The molecule has 10 nitrogen and oxygen atoms in total. The van der Waals surface area contributed by atoms with Gasteiger partial charge in [-0.15, -0.1) is 0 Å². The van der Waals surface area contributed by atoms with E-state index in [0.29, 0.717) is 106 Å². The molecule has 0 amide bonds. The van der Waals surface area contributed by atoms with E-state index in [2.05, 4.69) is 6.92 Å². The summed E-state index contributed by atoms with van der Waals surface area (Å²) in [6.45, 7) is 10.1. The molecule has 0 saturated carbocycles. The molecule has 0 heterocycles. The predicted molar refractivity (Wildman–Crippen MR) is 147 cm³/mol. The molecule has 1 atom stereocenters. The molecule has 0 spiro atoms. The fraction of sp³-hybridized carbons (Fsp3) is 1.00. The van der Waals surface area contributed by atoms with Crippen LogP contribution in [0, 0.1) is 0 Å². The number of hydrogen-bond donors (Lipinski definition) is 2. The average molecular weight is 555 g/mol. The van der Waals surface area contributed by atoms with Crippen molar-refractivity contribution in [2.45, 2.75) is 70.8 Å². The van der Waals surface area contributed by atoms with Gasteiger partial charge >= 0.3 is 0 Å². The van der Waals surface area contributed by atoms with Gasteiger partial charge in [0.2, 0.25) is 0 Å². The Morgan fingerprint density at radius 3 is 1.11 bits per heavy atom. The van der Waals surface area contributed by atoms with Crippen molar-refractivity contribution in [1.29, 1.82) is 0 Å². The highest BCUT2D eigenvalue weighted by atomic mass is 16.6. The van der Waals surface area contributed by atoms with Crippen LogP contribution in [0.5, 0.6) is 0 Å². The van der Waals surface area contributed by atoms with Crippen molar-refractivity contribution in [3.05, 3.63) is 0 Å². The Labute approximate surface area is 231 Å². The summed E-state index contributed by atoms with van der Waals surface area (Å²) >= 11 is 0. The average Bonchev–Trinajstić information content (AvgIpc) is 2.92. The van der Waals surface area contributed by atoms with Gasteiger partial charge in [0.25, 0.3) is 0 Å². The van der Waals surface area contributed by atoms with Gasteiger partial charge in [0.05, 0.1) is 118 Å². The van der Waals surface area contributed by atoms with Crippen LogP contribution in [0.25, 0.3) is 0 Å². The summed E-state index contributed by atoms with van der Waals surface area (Å²) in [5.41, 5.74) is 0. The summed E-state index contributed by atoms with van der Waals surface area (Å²) in [7, 11) is 0. The Bertz CT molecular complexity index is 417. The first-order valence-corrected chi connectivity index (χ1v) is 14.7. The first-order chi connectivity index (χ1) is 18.8. The van der Waals surface area contributed by atoms with Crippen molar-refractivity contribution in [2.24, 2.45) is 0 Å². The van der Waals surface area contributed by atoms with E-state index in [4.69, 9.17) is 43.0 Å². The second-order valence-corrected chi connectivity index (χ2v) is 9.00. The molecule has 0 saturated heterocycles. The fourth-order valence-electron chi connectivity index (χ4n) is 3.42. The highest BCUT2D eigenvalue weighted by Gasteiger charge is 2.04. The monoisotopic (exact) mass is 554 g/mol. The summed E-state index contributed by atoms with van der Waals surface area (Å²) < 4.78 is 43.1. The van der Waals surface area contributed by atoms with Gasteiger partial charge in [-0.05, 0) is 6.42 Å². The van der Waals surface area contributed by atoms with Crippen LogP contribution in [0.15, 0.2) is 0 Å². The van der Waals surface area contributed by atoms with Gasteiger partial charge in [-0.1, -0.05) is 58.3 Å². The SMILES string of the molecule is CCCCCCCCCCC(O)COCCOCCOCCOCCOCCOCCOCCOCCO. The lowest BCUT2D eigenvalue weighted by Gasteiger charge is -2.11. The van der Waals surface area contributed by atoms with Crippen LogP contribution >= 0.6 is 0 Å². The van der Waals surface area contributed by atoms with E-state index in [1.54, 1.807) is 0 Å². The summed E-state index contributed by atoms with van der Waals surface area (Å²) in [6, 6.07) is 0. The molecule has 0 aromatic heterocycles. The zero-order valence-electron chi connectivity index (χ0n) is 24.1. The molecular weight excluding hydrogens is 496 g/mol. The van der Waals surface area contributed by atoms with E-state index in [0.717, 1.165) is 12.8 Å². The van der Waals surface area contributed by atoms with Crippen molar-refractivity contribution < 1.29 is 48.1 Å². The summed E-state index contributed by atoms with van der Waals surface area (Å²) in [5, 5.41) is 18.5. The zero-order valence-corrected chi connectivity index (χ0v) is 24.1. The van der Waals surface area contributed by atoms with E-state index in [9.17, 15) is 5.11 Å². The summed E-state index contributed by atoms with van der Waals surface area (Å²) in [6.07, 6.45) is 10.6. The Kier molecular flexibility index (Phi) is 34.3. The van der Waals surface area contributed by atoms with Crippen LogP contribution in [0.2, 0.25) is 0 Å². The third-order valence-corrected chi connectivity index (χ3v) is 5.54. The van der Waals surface area contributed by atoms with E-state index < -0.39 is 0 Å². The number of unbranched alkanes of at least 4 members (excludes halogenated alkanes) is 7. The maximum Gasteiger partial charge on any atom is 0.0773 e. The van der Waals surface area contributed by atoms with Crippen LogP contribution in [-0.4, -0.2) is 129 Å². The number of hydrogen-bond acceptors (Lipinski definition) is 10. The second kappa shape index (κ2) is 34.6. The van der Waals surface area contributed by atoms with Gasteiger partial charge in [-0.2, -0.15) is 0 Å². The maximum atomic E-state index is 9.98. The smallest absolute Gasteiger partial charge is 0.0773 e. The van der Waals surface area contributed by atoms with Crippen molar-refractivity contribution >= 4 is 0 Å². The molecule has 0 aliphatic rings. The minimum absolute atomic E-state index is 0.0293. The first kappa shape index (κ1) is 37.6. The minimum atomic E-state index is -0.377. The Morgan fingerprint density at radius 2 is 0.737 bits per heavy atom. The molecule has 38 heavy (non-hydrogen) atoms. The Morgan fingerprint density at radius 1 is 0.421 bits per heavy atom. The van der Waals surface area contributed by atoms with Crippen molar-refractivity contribution in [2.75, 3.05) is 112 Å². The standard InChI is InChI=1S/C28H58O10/c1-2-3-4-5-6-7-8-9-10-28(30)27-38-26-25-37-24-23-36-22-21-35-20-19-34-18-17-33-16-15-32-14-13-31-12-11-29/h28-30H,2-27H2,1H3. The molecule has 0 aromatic carbocycles. The van der Waals surface area contributed by atoms with Gasteiger partial charge in [0.15, 0.2) is 0 Å². The minimum Gasteiger partial charge on any atom is -0.394 e. The second-order valence-electron chi connectivity index (χ2n) is 9.00. The van der Waals surface area contributed by atoms with Crippen LogP contribution in [-0.2, 0) is 37.9 Å². The lowest BCUT2D eigenvalue weighted by Crippen LogP contribution is -2.18. The molecule has 0 bridgehead atoms. The van der Waals surface area contributed by atoms with Gasteiger partial charge in [0, 0.05) is 0 Å². The Balaban J connectivity index is 3.10. The largest absolute Gasteiger partial charge is 0.394 e. The van der Waals surface area contributed by atoms with Crippen molar-refractivity contribution in [3.63, 3.8) is 0 Å². The van der Waals surface area contributed by atoms with Crippen LogP contribution in [0.4, 0.5) is 0 Å². The zero-order chi connectivity index (χ0) is 27.6. The molecule has 0 radical (unpaired) electrons. The third kappa shape index (κ3) is 33.6. The normalized spacial score (nSPS) is 12.4. The molecule has 0 rings (SSSR count). The van der Waals surface area contributed by atoms with E-state index in [-0.39, 0.29) is 12.7 Å². The van der Waals surface area contributed by atoms with Gasteiger partial charge < -0.3 is 48.1 Å². The molecule has 1 unspecified atom stereocenters.